The second-order valence-corrected chi connectivity index (χ2v) is 7.37. The zero-order valence-corrected chi connectivity index (χ0v) is 17.0. The molecule has 1 aromatic rings. The van der Waals surface area contributed by atoms with Crippen LogP contribution in [0.2, 0.25) is 0 Å². The number of amides is 1. The predicted molar refractivity (Wildman–Crippen MR) is 110 cm³/mol. The number of likely N-dealkylation sites (N-methyl/N-ethyl adjacent to an activating group) is 1. The minimum Gasteiger partial charge on any atom is -0.497 e. The molecule has 2 rings (SSSR count). The Balaban J connectivity index is 1.85. The minimum absolute atomic E-state index is 0.0277. The molecule has 0 radical (unpaired) electrons. The van der Waals surface area contributed by atoms with E-state index in [2.05, 4.69) is 15.6 Å². The van der Waals surface area contributed by atoms with Gasteiger partial charge < -0.3 is 20.3 Å². The van der Waals surface area contributed by atoms with Gasteiger partial charge in [-0.2, -0.15) is 0 Å². The van der Waals surface area contributed by atoms with E-state index in [1.807, 2.05) is 24.3 Å². The number of nitrogens with zero attached hydrogens (tertiary/aromatic N) is 2. The van der Waals surface area contributed by atoms with Crippen molar-refractivity contribution in [1.29, 1.82) is 0 Å². The monoisotopic (exact) mass is 374 g/mol. The van der Waals surface area contributed by atoms with E-state index in [4.69, 9.17) is 4.74 Å². The van der Waals surface area contributed by atoms with Gasteiger partial charge in [0.2, 0.25) is 5.91 Å². The number of hydrogen-bond acceptors (Lipinski definition) is 3. The fourth-order valence-electron chi connectivity index (χ4n) is 3.29. The van der Waals surface area contributed by atoms with E-state index < -0.39 is 0 Å². The van der Waals surface area contributed by atoms with Gasteiger partial charge in [-0.3, -0.25) is 4.79 Å². The van der Waals surface area contributed by atoms with E-state index in [1.54, 1.807) is 26.1 Å². The van der Waals surface area contributed by atoms with Gasteiger partial charge in [-0.1, -0.05) is 37.8 Å². The summed E-state index contributed by atoms with van der Waals surface area (Å²) in [5.74, 6) is 2.45. The van der Waals surface area contributed by atoms with Crippen LogP contribution in [0.15, 0.2) is 29.3 Å². The predicted octanol–water partition coefficient (Wildman–Crippen LogP) is 2.79. The lowest BCUT2D eigenvalue weighted by molar-refractivity contribution is -0.127. The van der Waals surface area contributed by atoms with Gasteiger partial charge in [0.05, 0.1) is 20.2 Å². The van der Waals surface area contributed by atoms with Crippen LogP contribution in [0, 0.1) is 5.92 Å². The number of methoxy groups -OCH3 is 1. The van der Waals surface area contributed by atoms with Gasteiger partial charge in [-0.15, -0.1) is 0 Å². The number of hydrogen-bond donors (Lipinski definition) is 2. The highest BCUT2D eigenvalue weighted by atomic mass is 16.5. The maximum absolute atomic E-state index is 11.9. The van der Waals surface area contributed by atoms with Gasteiger partial charge in [-0.05, 0) is 36.5 Å². The van der Waals surface area contributed by atoms with Gasteiger partial charge in [0.15, 0.2) is 5.96 Å². The molecule has 1 aliphatic rings. The lowest BCUT2D eigenvalue weighted by Gasteiger charge is -2.15. The van der Waals surface area contributed by atoms with Crippen LogP contribution in [-0.4, -0.2) is 51.1 Å². The van der Waals surface area contributed by atoms with Crippen molar-refractivity contribution in [3.63, 3.8) is 0 Å². The summed E-state index contributed by atoms with van der Waals surface area (Å²) in [5.41, 5.74) is 1.10. The number of carbonyl (C=O) groups is 1. The first-order valence-electron chi connectivity index (χ1n) is 9.93. The van der Waals surface area contributed by atoms with Crippen LogP contribution in [0.3, 0.4) is 0 Å². The molecule has 6 heteroatoms. The summed E-state index contributed by atoms with van der Waals surface area (Å²) >= 11 is 0. The molecule has 0 spiro atoms. The maximum Gasteiger partial charge on any atom is 0.241 e. The summed E-state index contributed by atoms with van der Waals surface area (Å²) < 4.78 is 5.19. The van der Waals surface area contributed by atoms with Gasteiger partial charge >= 0.3 is 0 Å². The number of aliphatic imine (C=N–C) groups is 1. The topological polar surface area (TPSA) is 66.0 Å². The van der Waals surface area contributed by atoms with Crippen molar-refractivity contribution < 1.29 is 9.53 Å². The average Bonchev–Trinajstić information content (AvgIpc) is 3.20. The molecule has 0 bridgehead atoms. The molecule has 150 valence electrons. The summed E-state index contributed by atoms with van der Waals surface area (Å²) in [5, 5.41) is 6.52. The Kier molecular flexibility index (Phi) is 8.95. The first-order chi connectivity index (χ1) is 13.1. The van der Waals surface area contributed by atoms with Crippen LogP contribution in [0.4, 0.5) is 0 Å². The average molecular weight is 375 g/mol. The highest BCUT2D eigenvalue weighted by molar-refractivity contribution is 5.86. The van der Waals surface area contributed by atoms with Gasteiger partial charge in [0.1, 0.15) is 5.75 Å². The Morgan fingerprint density at radius 2 is 1.89 bits per heavy atom. The zero-order valence-electron chi connectivity index (χ0n) is 17.0. The molecule has 27 heavy (non-hydrogen) atoms. The van der Waals surface area contributed by atoms with E-state index in [0.717, 1.165) is 30.2 Å². The lowest BCUT2D eigenvalue weighted by atomic mass is 10.0. The van der Waals surface area contributed by atoms with Crippen LogP contribution in [-0.2, 0) is 11.3 Å². The molecule has 1 fully saturated rings. The Hall–Kier alpha value is -2.24. The van der Waals surface area contributed by atoms with Crippen molar-refractivity contribution in [1.82, 2.24) is 15.5 Å². The van der Waals surface area contributed by atoms with Crippen molar-refractivity contribution in [2.45, 2.75) is 45.1 Å². The molecular weight excluding hydrogens is 340 g/mol. The SMILES string of the molecule is COc1ccc(CN=C(NCCCC2CCCC2)NCC(=O)N(C)C)cc1. The van der Waals surface area contributed by atoms with E-state index >= 15 is 0 Å². The van der Waals surface area contributed by atoms with Crippen molar-refractivity contribution in [2.24, 2.45) is 10.9 Å². The third kappa shape index (κ3) is 7.89. The summed E-state index contributed by atoms with van der Waals surface area (Å²) in [4.78, 5) is 18.1. The molecule has 1 saturated carbocycles. The molecule has 2 N–H and O–H groups in total. The highest BCUT2D eigenvalue weighted by Gasteiger charge is 2.14. The maximum atomic E-state index is 11.9. The Bertz CT molecular complexity index is 593. The summed E-state index contributed by atoms with van der Waals surface area (Å²) in [6.07, 6.45) is 7.95. The van der Waals surface area contributed by atoms with Crippen molar-refractivity contribution in [2.75, 3.05) is 34.3 Å². The molecule has 6 nitrogen and oxygen atoms in total. The van der Waals surface area contributed by atoms with Crippen LogP contribution in [0.5, 0.6) is 5.75 Å². The van der Waals surface area contributed by atoms with Crippen molar-refractivity contribution in [3.8, 4) is 5.75 Å². The smallest absolute Gasteiger partial charge is 0.241 e. The molecule has 0 atom stereocenters. The Morgan fingerprint density at radius 1 is 1.19 bits per heavy atom. The molecule has 0 unspecified atom stereocenters. The van der Waals surface area contributed by atoms with Crippen LogP contribution in [0.1, 0.15) is 44.1 Å². The molecule has 1 aromatic carbocycles. The van der Waals surface area contributed by atoms with E-state index in [0.29, 0.717) is 12.5 Å². The van der Waals surface area contributed by atoms with Crippen LogP contribution in [0.25, 0.3) is 0 Å². The number of ether oxygens (including phenoxy) is 1. The number of benzene rings is 1. The first-order valence-corrected chi connectivity index (χ1v) is 9.93. The van der Waals surface area contributed by atoms with E-state index in [9.17, 15) is 4.79 Å². The third-order valence-corrected chi connectivity index (χ3v) is 5.04. The molecule has 1 amide bonds. The van der Waals surface area contributed by atoms with Crippen LogP contribution >= 0.6 is 0 Å². The summed E-state index contributed by atoms with van der Waals surface area (Å²) in [6, 6.07) is 7.88. The third-order valence-electron chi connectivity index (χ3n) is 5.04. The summed E-state index contributed by atoms with van der Waals surface area (Å²) in [6.45, 7) is 1.67. The molecule has 0 aromatic heterocycles. The standard InChI is InChI=1S/C21H34N4O2/c1-25(2)20(26)16-24-21(22-14-6-9-17-7-4-5-8-17)23-15-18-10-12-19(27-3)13-11-18/h10-13,17H,4-9,14-16H2,1-3H3,(H2,22,23,24). The molecule has 1 aliphatic carbocycles. The first kappa shape index (κ1) is 21.1. The normalized spacial score (nSPS) is 14.9. The van der Waals surface area contributed by atoms with E-state index in [1.165, 1.54) is 32.1 Å². The number of rotatable bonds is 9. The van der Waals surface area contributed by atoms with Crippen molar-refractivity contribution in [3.05, 3.63) is 29.8 Å². The molecule has 0 aliphatic heterocycles. The van der Waals surface area contributed by atoms with E-state index in [-0.39, 0.29) is 12.5 Å². The second kappa shape index (κ2) is 11.5. The fraction of sp³-hybridized carbons (Fsp3) is 0.619. The summed E-state index contributed by atoms with van der Waals surface area (Å²) in [7, 11) is 5.17. The van der Waals surface area contributed by atoms with Gasteiger partial charge in [-0.25, -0.2) is 4.99 Å². The largest absolute Gasteiger partial charge is 0.497 e. The minimum atomic E-state index is 0.0277. The fourth-order valence-corrected chi connectivity index (χ4v) is 3.29. The Morgan fingerprint density at radius 3 is 2.52 bits per heavy atom. The zero-order chi connectivity index (χ0) is 19.5. The molecular formula is C21H34N4O2. The lowest BCUT2D eigenvalue weighted by Crippen LogP contribution is -2.43. The van der Waals surface area contributed by atoms with Gasteiger partial charge in [0, 0.05) is 20.6 Å². The molecule has 0 heterocycles. The highest BCUT2D eigenvalue weighted by Crippen LogP contribution is 2.28. The number of guanidine groups is 1. The molecule has 0 saturated heterocycles. The van der Waals surface area contributed by atoms with Crippen molar-refractivity contribution >= 4 is 11.9 Å². The number of carbonyl (C=O) groups excluding carboxylic acids is 1. The van der Waals surface area contributed by atoms with Crippen LogP contribution < -0.4 is 15.4 Å². The Labute approximate surface area is 163 Å². The van der Waals surface area contributed by atoms with Gasteiger partial charge in [0.25, 0.3) is 0 Å². The number of nitrogens with one attached hydrogen (secondary N) is 2. The second-order valence-electron chi connectivity index (χ2n) is 7.37. The quantitative estimate of drug-likeness (QED) is 0.396.